The van der Waals surface area contributed by atoms with Crippen LogP contribution in [-0.2, 0) is 11.4 Å². The van der Waals surface area contributed by atoms with Crippen molar-refractivity contribution in [3.8, 4) is 0 Å². The van der Waals surface area contributed by atoms with Crippen LogP contribution in [0, 0.1) is 5.82 Å². The van der Waals surface area contributed by atoms with Crippen molar-refractivity contribution < 1.29 is 9.23 Å². The predicted octanol–water partition coefficient (Wildman–Crippen LogP) is 4.68. The molecule has 0 aliphatic carbocycles. The van der Waals surface area contributed by atoms with Crippen molar-refractivity contribution in [1.29, 1.82) is 0 Å². The van der Waals surface area contributed by atoms with Gasteiger partial charge in [0.05, 0.1) is 11.2 Å². The second kappa shape index (κ2) is 6.55. The minimum Gasteiger partial charge on any atom is -0.391 e. The molecular formula is C14H10Cl2FNO. The van der Waals surface area contributed by atoms with E-state index in [0.717, 1.165) is 5.56 Å². The molecule has 0 saturated carbocycles. The summed E-state index contributed by atoms with van der Waals surface area (Å²) in [5.41, 5.74) is 1.13. The number of benzene rings is 2. The first-order valence-electron chi connectivity index (χ1n) is 5.50. The van der Waals surface area contributed by atoms with Gasteiger partial charge in [0.2, 0.25) is 0 Å². The summed E-state index contributed by atoms with van der Waals surface area (Å²) in [6.45, 7) is -0.0183. The van der Waals surface area contributed by atoms with E-state index in [1.165, 1.54) is 18.3 Å². The van der Waals surface area contributed by atoms with Gasteiger partial charge < -0.3 is 4.84 Å². The molecule has 5 heteroatoms. The van der Waals surface area contributed by atoms with Crippen LogP contribution in [0.15, 0.2) is 47.6 Å². The molecule has 0 aliphatic rings. The lowest BCUT2D eigenvalue weighted by Gasteiger charge is -2.03. The Morgan fingerprint density at radius 3 is 2.53 bits per heavy atom. The fraction of sp³-hybridized carbons (Fsp3) is 0.0714. The van der Waals surface area contributed by atoms with Gasteiger partial charge in [-0.2, -0.15) is 0 Å². The Hall–Kier alpha value is -1.58. The van der Waals surface area contributed by atoms with Crippen LogP contribution >= 0.6 is 23.2 Å². The highest BCUT2D eigenvalue weighted by molar-refractivity contribution is 6.31. The third kappa shape index (κ3) is 3.94. The Labute approximate surface area is 120 Å². The molecule has 2 aromatic carbocycles. The van der Waals surface area contributed by atoms with E-state index in [-0.39, 0.29) is 12.2 Å². The lowest BCUT2D eigenvalue weighted by Crippen LogP contribution is -1.93. The highest BCUT2D eigenvalue weighted by Crippen LogP contribution is 2.19. The van der Waals surface area contributed by atoms with Gasteiger partial charge in [0, 0.05) is 10.6 Å². The summed E-state index contributed by atoms with van der Waals surface area (Å²) in [6.07, 6.45) is 1.52. The van der Waals surface area contributed by atoms with Crippen LogP contribution < -0.4 is 0 Å². The molecule has 0 unspecified atom stereocenters. The summed E-state index contributed by atoms with van der Waals surface area (Å²) in [6, 6.07) is 11.6. The molecule has 0 N–H and O–H groups in total. The van der Waals surface area contributed by atoms with Crippen LogP contribution in [0.2, 0.25) is 10.0 Å². The molecule has 19 heavy (non-hydrogen) atoms. The highest BCUT2D eigenvalue weighted by Gasteiger charge is 2.06. The minimum absolute atomic E-state index is 0.0183. The van der Waals surface area contributed by atoms with Gasteiger partial charge in [-0.15, -0.1) is 0 Å². The van der Waals surface area contributed by atoms with Crippen molar-refractivity contribution in [2.45, 2.75) is 6.61 Å². The summed E-state index contributed by atoms with van der Waals surface area (Å²) < 4.78 is 13.4. The van der Waals surface area contributed by atoms with Crippen molar-refractivity contribution in [3.63, 3.8) is 0 Å². The van der Waals surface area contributed by atoms with Crippen LogP contribution in [-0.4, -0.2) is 6.21 Å². The van der Waals surface area contributed by atoms with Crippen molar-refractivity contribution in [1.82, 2.24) is 0 Å². The predicted molar refractivity (Wildman–Crippen MR) is 75.2 cm³/mol. The van der Waals surface area contributed by atoms with Crippen molar-refractivity contribution in [3.05, 3.63) is 69.5 Å². The van der Waals surface area contributed by atoms with Crippen LogP contribution in [0.5, 0.6) is 0 Å². The maximum Gasteiger partial charge on any atom is 0.146 e. The van der Waals surface area contributed by atoms with E-state index in [4.69, 9.17) is 28.0 Å². The summed E-state index contributed by atoms with van der Waals surface area (Å²) >= 11 is 11.6. The number of nitrogens with zero attached hydrogens (tertiary/aromatic N) is 1. The molecule has 2 rings (SSSR count). The van der Waals surface area contributed by atoms with Crippen molar-refractivity contribution in [2.75, 3.05) is 0 Å². The molecule has 98 valence electrons. The first-order valence-corrected chi connectivity index (χ1v) is 6.26. The fourth-order valence-electron chi connectivity index (χ4n) is 1.42. The zero-order chi connectivity index (χ0) is 13.7. The first kappa shape index (κ1) is 13.8. The van der Waals surface area contributed by atoms with E-state index >= 15 is 0 Å². The van der Waals surface area contributed by atoms with Gasteiger partial charge in [-0.3, -0.25) is 0 Å². The SMILES string of the molecule is Fc1cccc(Cl)c1CON=Cc1ccc(Cl)cc1. The van der Waals surface area contributed by atoms with Gasteiger partial charge in [-0.25, -0.2) is 4.39 Å². The topological polar surface area (TPSA) is 21.6 Å². The number of oxime groups is 1. The normalized spacial score (nSPS) is 10.9. The zero-order valence-electron chi connectivity index (χ0n) is 9.82. The average Bonchev–Trinajstić information content (AvgIpc) is 2.39. The Bertz CT molecular complexity index is 564. The van der Waals surface area contributed by atoms with E-state index in [1.54, 1.807) is 30.3 Å². The van der Waals surface area contributed by atoms with E-state index in [1.807, 2.05) is 0 Å². The molecule has 2 aromatic rings. The summed E-state index contributed by atoms with van der Waals surface area (Å²) in [5.74, 6) is -0.408. The molecule has 0 heterocycles. The van der Waals surface area contributed by atoms with Gasteiger partial charge in [0.15, 0.2) is 0 Å². The molecule has 2 nitrogen and oxygen atoms in total. The Morgan fingerprint density at radius 1 is 1.11 bits per heavy atom. The molecule has 0 spiro atoms. The summed E-state index contributed by atoms with van der Waals surface area (Å²) in [5, 5.41) is 4.73. The Morgan fingerprint density at radius 2 is 1.84 bits per heavy atom. The smallest absolute Gasteiger partial charge is 0.146 e. The molecule has 0 bridgehead atoms. The van der Waals surface area contributed by atoms with Crippen LogP contribution in [0.25, 0.3) is 0 Å². The van der Waals surface area contributed by atoms with Gasteiger partial charge in [-0.05, 0) is 29.8 Å². The van der Waals surface area contributed by atoms with E-state index < -0.39 is 5.82 Å². The number of hydrogen-bond acceptors (Lipinski definition) is 2. The lowest BCUT2D eigenvalue weighted by molar-refractivity contribution is 0.129. The monoisotopic (exact) mass is 297 g/mol. The average molecular weight is 298 g/mol. The molecular weight excluding hydrogens is 288 g/mol. The largest absolute Gasteiger partial charge is 0.391 e. The summed E-state index contributed by atoms with van der Waals surface area (Å²) in [7, 11) is 0. The van der Waals surface area contributed by atoms with E-state index in [9.17, 15) is 4.39 Å². The second-order valence-corrected chi connectivity index (χ2v) is 4.60. The molecule has 0 aliphatic heterocycles. The number of rotatable bonds is 4. The van der Waals surface area contributed by atoms with Crippen LogP contribution in [0.4, 0.5) is 4.39 Å². The summed E-state index contributed by atoms with van der Waals surface area (Å²) in [4.78, 5) is 5.03. The zero-order valence-corrected chi connectivity index (χ0v) is 11.3. The van der Waals surface area contributed by atoms with Gasteiger partial charge in [-0.1, -0.05) is 46.6 Å². The fourth-order valence-corrected chi connectivity index (χ4v) is 1.76. The van der Waals surface area contributed by atoms with E-state index in [0.29, 0.717) is 10.0 Å². The van der Waals surface area contributed by atoms with Gasteiger partial charge in [0.1, 0.15) is 12.4 Å². The molecule has 0 atom stereocenters. The van der Waals surface area contributed by atoms with Crippen molar-refractivity contribution in [2.24, 2.45) is 5.16 Å². The third-order valence-electron chi connectivity index (χ3n) is 2.42. The Balaban J connectivity index is 1.95. The minimum atomic E-state index is -0.408. The molecule has 0 amide bonds. The quantitative estimate of drug-likeness (QED) is 0.593. The molecule has 0 aromatic heterocycles. The highest BCUT2D eigenvalue weighted by atomic mass is 35.5. The maximum absolute atomic E-state index is 13.4. The Kier molecular flexibility index (Phi) is 4.77. The lowest BCUT2D eigenvalue weighted by atomic mass is 10.2. The van der Waals surface area contributed by atoms with Crippen LogP contribution in [0.1, 0.15) is 11.1 Å². The molecule has 0 saturated heterocycles. The number of halogens is 3. The standard InChI is InChI=1S/C14H10Cl2FNO/c15-11-6-4-10(5-7-11)8-18-19-9-12-13(16)2-1-3-14(12)17/h1-8H,9H2. The van der Waals surface area contributed by atoms with Gasteiger partial charge >= 0.3 is 0 Å². The first-order chi connectivity index (χ1) is 9.16. The third-order valence-corrected chi connectivity index (χ3v) is 3.02. The van der Waals surface area contributed by atoms with E-state index in [2.05, 4.69) is 5.16 Å². The second-order valence-electron chi connectivity index (χ2n) is 3.76. The van der Waals surface area contributed by atoms with Crippen LogP contribution in [0.3, 0.4) is 0 Å². The maximum atomic E-state index is 13.4. The van der Waals surface area contributed by atoms with Gasteiger partial charge in [0.25, 0.3) is 0 Å². The van der Waals surface area contributed by atoms with Crippen molar-refractivity contribution >= 4 is 29.4 Å². The number of hydrogen-bond donors (Lipinski definition) is 0. The molecule has 0 radical (unpaired) electrons. The molecule has 0 fully saturated rings.